The number of hydrogen-bond acceptors (Lipinski definition) is 0. The Labute approximate surface area is 278 Å². The van der Waals surface area contributed by atoms with Gasteiger partial charge in [0, 0.05) is 0 Å². The number of fused-ring (bicyclic) bond motifs is 8. The van der Waals surface area contributed by atoms with E-state index in [0.29, 0.717) is 7.25 Å². The van der Waals surface area contributed by atoms with E-state index in [1.807, 2.05) is 11.1 Å². The number of rotatable bonds is 8. The van der Waals surface area contributed by atoms with Crippen molar-refractivity contribution in [2.24, 2.45) is 0 Å². The standard InChI is InChI=1S/C42H46Si.Zr/c1-7-13-35-27-33-15-11-17-37(31-23-19-29(9-3)20-24-31)39(33)41(35)43(5,6)42-36(14-8-2)28-34-16-12-18-38(40(34)42)32-25-21-30(10-4)22-26-32;/h11-12,15-28H,7-10,13-14H2,1-6H3;. The third-order valence-corrected chi connectivity index (χ3v) is 19.1. The van der Waals surface area contributed by atoms with Gasteiger partial charge in [0.25, 0.3) is 0 Å². The van der Waals surface area contributed by atoms with Crippen LogP contribution >= 0.6 is 0 Å². The topological polar surface area (TPSA) is 0 Å². The molecule has 4 bridgehead atoms. The molecule has 4 aromatic rings. The molecule has 2 heteroatoms. The fourth-order valence-corrected chi connectivity index (χ4v) is 18.9. The first kappa shape index (κ1) is 30.1. The summed E-state index contributed by atoms with van der Waals surface area (Å²) < 4.78 is 1.36. The van der Waals surface area contributed by atoms with Crippen LogP contribution in [0.4, 0.5) is 0 Å². The van der Waals surface area contributed by atoms with Gasteiger partial charge in [-0.3, -0.25) is 0 Å². The summed E-state index contributed by atoms with van der Waals surface area (Å²) in [5.41, 5.74) is 19.0. The normalized spacial score (nSPS) is 19.4. The molecule has 2 aliphatic carbocycles. The molecule has 222 valence electrons. The molecule has 0 amide bonds. The van der Waals surface area contributed by atoms with Gasteiger partial charge in [-0.15, -0.1) is 0 Å². The zero-order valence-corrected chi connectivity index (χ0v) is 30.9. The van der Waals surface area contributed by atoms with E-state index < -0.39 is 31.3 Å². The van der Waals surface area contributed by atoms with Gasteiger partial charge in [0.1, 0.15) is 0 Å². The monoisotopic (exact) mass is 668 g/mol. The zero-order chi connectivity index (χ0) is 30.6. The molecule has 2 atom stereocenters. The number of allylic oxidation sites excluding steroid dienone is 2. The van der Waals surface area contributed by atoms with Gasteiger partial charge < -0.3 is 0 Å². The molecule has 1 heterocycles. The first-order chi connectivity index (χ1) is 21.4. The molecule has 2 unspecified atom stereocenters. The Morgan fingerprint density at radius 2 is 0.955 bits per heavy atom. The van der Waals surface area contributed by atoms with E-state index in [2.05, 4.69) is 126 Å². The second-order valence-electron chi connectivity index (χ2n) is 13.6. The molecule has 4 aromatic carbocycles. The van der Waals surface area contributed by atoms with Gasteiger partial charge in [0.15, 0.2) is 0 Å². The second kappa shape index (κ2) is 12.0. The molecule has 3 aliphatic rings. The summed E-state index contributed by atoms with van der Waals surface area (Å²) in [5.74, 6) is 0. The molecule has 0 nitrogen and oxygen atoms in total. The summed E-state index contributed by atoms with van der Waals surface area (Å²) in [7, 11) is -2.13. The quantitative estimate of drug-likeness (QED) is 0.164. The van der Waals surface area contributed by atoms with Crippen LogP contribution in [0, 0.1) is 0 Å². The van der Waals surface area contributed by atoms with Gasteiger partial charge in [0.2, 0.25) is 0 Å². The van der Waals surface area contributed by atoms with Crippen LogP contribution in [0.15, 0.2) is 96.1 Å². The van der Waals surface area contributed by atoms with Crippen molar-refractivity contribution >= 4 is 18.5 Å². The van der Waals surface area contributed by atoms with Gasteiger partial charge in [-0.1, -0.05) is 0 Å². The summed E-state index contributed by atoms with van der Waals surface area (Å²) in [5, 5.41) is 3.61. The van der Waals surface area contributed by atoms with Crippen LogP contribution < -0.4 is 0 Å². The summed E-state index contributed by atoms with van der Waals surface area (Å²) in [4.78, 5) is 0. The average molecular weight is 670 g/mol. The van der Waals surface area contributed by atoms with E-state index in [4.69, 9.17) is 0 Å². The van der Waals surface area contributed by atoms with Gasteiger partial charge in [-0.05, 0) is 0 Å². The van der Waals surface area contributed by atoms with Crippen LogP contribution in [-0.2, 0) is 36.1 Å². The SMILES string of the molecule is CCCC1=C2c3c(-c4ccc(CC)cc4)cccc3[CH]1[Zr][CH]1C(CCC)=C(c3c(-c4ccc(CC)cc4)cccc31)[Si]2(C)C. The fraction of sp³-hybridized carbons (Fsp3) is 0.333. The van der Waals surface area contributed by atoms with Crippen molar-refractivity contribution in [1.29, 1.82) is 0 Å². The predicted octanol–water partition coefficient (Wildman–Crippen LogP) is 11.9. The van der Waals surface area contributed by atoms with E-state index in [9.17, 15) is 0 Å². The zero-order valence-electron chi connectivity index (χ0n) is 27.5. The molecular formula is C42H46SiZr. The first-order valence-corrected chi connectivity index (χ1v) is 22.9. The van der Waals surface area contributed by atoms with Crippen LogP contribution in [0.1, 0.15) is 94.0 Å². The Hall–Kier alpha value is -2.54. The molecule has 0 aromatic heterocycles. The van der Waals surface area contributed by atoms with Crippen molar-refractivity contribution in [2.75, 3.05) is 0 Å². The van der Waals surface area contributed by atoms with Gasteiger partial charge in [0.05, 0.1) is 0 Å². The predicted molar refractivity (Wildman–Crippen MR) is 189 cm³/mol. The van der Waals surface area contributed by atoms with Crippen molar-refractivity contribution < 1.29 is 23.2 Å². The molecule has 7 rings (SSSR count). The maximum atomic E-state index is 2.73. The molecule has 0 N–H and O–H groups in total. The molecular weight excluding hydrogens is 624 g/mol. The summed E-state index contributed by atoms with van der Waals surface area (Å²) in [6.45, 7) is 14.8. The third kappa shape index (κ3) is 4.70. The van der Waals surface area contributed by atoms with E-state index in [0.717, 1.165) is 12.8 Å². The summed E-state index contributed by atoms with van der Waals surface area (Å²) in [6.07, 6.45) is 7.16. The van der Waals surface area contributed by atoms with Crippen molar-refractivity contribution in [2.45, 2.75) is 86.6 Å². The average Bonchev–Trinajstić information content (AvgIpc) is 3.55. The van der Waals surface area contributed by atoms with E-state index in [-0.39, 0.29) is 0 Å². The van der Waals surface area contributed by atoms with Crippen molar-refractivity contribution in [3.63, 3.8) is 0 Å². The minimum absolute atomic E-state index is 0.682. The second-order valence-corrected chi connectivity index (χ2v) is 21.5. The van der Waals surface area contributed by atoms with Gasteiger partial charge in [-0.25, -0.2) is 0 Å². The van der Waals surface area contributed by atoms with Crippen molar-refractivity contribution in [3.05, 3.63) is 129 Å². The molecule has 0 saturated carbocycles. The Morgan fingerprint density at radius 1 is 0.545 bits per heavy atom. The fourth-order valence-electron chi connectivity index (χ4n) is 8.66. The van der Waals surface area contributed by atoms with Crippen molar-refractivity contribution in [3.8, 4) is 22.3 Å². The minimum atomic E-state index is -2.13. The van der Waals surface area contributed by atoms with Gasteiger partial charge in [-0.2, -0.15) is 0 Å². The van der Waals surface area contributed by atoms with Crippen molar-refractivity contribution in [1.82, 2.24) is 0 Å². The van der Waals surface area contributed by atoms with Crippen LogP contribution in [0.3, 0.4) is 0 Å². The van der Waals surface area contributed by atoms with Crippen LogP contribution in [-0.4, -0.2) is 8.07 Å². The Balaban J connectivity index is 1.50. The number of aryl methyl sites for hydroxylation is 2. The molecule has 0 fully saturated rings. The Bertz CT molecular complexity index is 1650. The molecule has 44 heavy (non-hydrogen) atoms. The van der Waals surface area contributed by atoms with Gasteiger partial charge >= 0.3 is 280 Å². The molecule has 1 aliphatic heterocycles. The number of hydrogen-bond donors (Lipinski definition) is 0. The molecule has 0 spiro atoms. The van der Waals surface area contributed by atoms with Crippen LogP contribution in [0.5, 0.6) is 0 Å². The summed E-state index contributed by atoms with van der Waals surface area (Å²) in [6, 6.07) is 33.7. The molecule has 0 saturated heterocycles. The maximum absolute atomic E-state index is 2.73. The summed E-state index contributed by atoms with van der Waals surface area (Å²) >= 11 is -0.936. The Morgan fingerprint density at radius 3 is 1.32 bits per heavy atom. The first-order valence-electron chi connectivity index (χ1n) is 17.1. The number of benzene rings is 4. The Kier molecular flexibility index (Phi) is 8.22. The van der Waals surface area contributed by atoms with Crippen LogP contribution in [0.25, 0.3) is 32.6 Å². The third-order valence-electron chi connectivity index (χ3n) is 10.6. The van der Waals surface area contributed by atoms with E-state index in [1.165, 1.54) is 59.1 Å². The van der Waals surface area contributed by atoms with Crippen LogP contribution in [0.2, 0.25) is 13.1 Å². The molecule has 0 radical (unpaired) electrons. The van der Waals surface area contributed by atoms with E-state index >= 15 is 0 Å². The van der Waals surface area contributed by atoms with E-state index in [1.54, 1.807) is 32.6 Å².